The zero-order valence-corrected chi connectivity index (χ0v) is 19.7. The average Bonchev–Trinajstić information content (AvgIpc) is 3.12. The summed E-state index contributed by atoms with van der Waals surface area (Å²) in [6.45, 7) is 8.03. The predicted molar refractivity (Wildman–Crippen MR) is 126 cm³/mol. The van der Waals surface area contributed by atoms with Gasteiger partial charge in [0.2, 0.25) is 0 Å². The highest BCUT2D eigenvalue weighted by Gasteiger charge is 2.29. The number of thiazole rings is 1. The minimum Gasteiger partial charge on any atom is -0.480 e. The highest BCUT2D eigenvalue weighted by atomic mass is 32.2. The predicted octanol–water partition coefficient (Wildman–Crippen LogP) is 4.07. The van der Waals surface area contributed by atoms with Crippen LogP contribution in [-0.4, -0.2) is 39.3 Å². The van der Waals surface area contributed by atoms with Gasteiger partial charge in [0.15, 0.2) is 4.34 Å². The number of nitrogens with zero attached hydrogens (tertiary/aromatic N) is 2. The Bertz CT molecular complexity index is 946. The van der Waals surface area contributed by atoms with Gasteiger partial charge in [-0.2, -0.15) is 0 Å². The lowest BCUT2D eigenvalue weighted by molar-refractivity contribution is -0.138. The van der Waals surface area contributed by atoms with Gasteiger partial charge < -0.3 is 21.5 Å². The molecule has 0 saturated carbocycles. The minimum atomic E-state index is -0.903. The molecule has 0 amide bonds. The molecule has 0 radical (unpaired) electrons. The number of nitrogens with two attached hydrogens (primary N) is 2. The Kier molecular flexibility index (Phi) is 7.97. The molecule has 0 aliphatic rings. The van der Waals surface area contributed by atoms with Crippen molar-refractivity contribution >= 4 is 34.8 Å². The monoisotopic (exact) mass is 446 g/mol. The number of rotatable bonds is 9. The average molecular weight is 447 g/mol. The molecule has 162 valence electrons. The van der Waals surface area contributed by atoms with Crippen molar-refractivity contribution < 1.29 is 9.90 Å². The van der Waals surface area contributed by atoms with Crippen LogP contribution in [0.4, 0.5) is 0 Å². The molecule has 1 heterocycles. The van der Waals surface area contributed by atoms with Crippen molar-refractivity contribution in [1.29, 1.82) is 0 Å². The first kappa shape index (κ1) is 23.8. The summed E-state index contributed by atoms with van der Waals surface area (Å²) in [4.78, 5) is 17.8. The Morgan fingerprint density at radius 2 is 1.93 bits per heavy atom. The summed E-state index contributed by atoms with van der Waals surface area (Å²) in [6.07, 6.45) is 2.61. The van der Waals surface area contributed by atoms with Crippen molar-refractivity contribution in [3.63, 3.8) is 0 Å². The molecule has 1 aromatic heterocycles. The molecule has 0 fully saturated rings. The van der Waals surface area contributed by atoms with E-state index < -0.39 is 10.7 Å². The Morgan fingerprint density at radius 3 is 2.53 bits per heavy atom. The first-order valence-corrected chi connectivity index (χ1v) is 11.3. The van der Waals surface area contributed by atoms with Crippen LogP contribution in [0.3, 0.4) is 0 Å². The van der Waals surface area contributed by atoms with E-state index in [1.165, 1.54) is 28.7 Å². The summed E-state index contributed by atoms with van der Waals surface area (Å²) in [6, 6.07) is 8.06. The topological polar surface area (TPSA) is 105 Å². The van der Waals surface area contributed by atoms with Crippen LogP contribution in [0.5, 0.6) is 0 Å². The molecule has 0 saturated heterocycles. The molecule has 5 N–H and O–H groups in total. The molecular weight excluding hydrogens is 416 g/mol. The number of aryl methyl sites for hydroxylation is 1. The van der Waals surface area contributed by atoms with Gasteiger partial charge in [-0.1, -0.05) is 41.6 Å². The molecule has 0 bridgehead atoms. The third-order valence-corrected chi connectivity index (χ3v) is 6.84. The van der Waals surface area contributed by atoms with Crippen molar-refractivity contribution in [3.05, 3.63) is 63.9 Å². The summed E-state index contributed by atoms with van der Waals surface area (Å²) in [5, 5.41) is 11.2. The molecule has 30 heavy (non-hydrogen) atoms. The number of aliphatic carboxylic acids is 1. The molecule has 2 rings (SSSR count). The van der Waals surface area contributed by atoms with E-state index in [0.717, 1.165) is 21.2 Å². The van der Waals surface area contributed by atoms with Crippen LogP contribution in [-0.2, 0) is 11.2 Å². The minimum absolute atomic E-state index is 0.655. The highest BCUT2D eigenvalue weighted by molar-refractivity contribution is 8.02. The van der Waals surface area contributed by atoms with E-state index in [1.54, 1.807) is 13.8 Å². The number of carbonyl (C=O) groups is 1. The van der Waals surface area contributed by atoms with Crippen LogP contribution in [0.15, 0.2) is 51.5 Å². The number of hydrogen-bond donors (Lipinski definition) is 3. The second kappa shape index (κ2) is 10.0. The second-order valence-corrected chi connectivity index (χ2v) is 10.5. The fourth-order valence-corrected chi connectivity index (χ4v) is 4.78. The van der Waals surface area contributed by atoms with Gasteiger partial charge in [-0.25, -0.2) is 4.98 Å². The summed E-state index contributed by atoms with van der Waals surface area (Å²) >= 11 is 2.73. The molecule has 8 heteroatoms. The highest BCUT2D eigenvalue weighted by Crippen LogP contribution is 2.34. The lowest BCUT2D eigenvalue weighted by Crippen LogP contribution is -2.27. The molecule has 6 nitrogen and oxygen atoms in total. The third-order valence-electron chi connectivity index (χ3n) is 4.66. The van der Waals surface area contributed by atoms with Gasteiger partial charge in [0.25, 0.3) is 0 Å². The maximum atomic E-state index is 11.3. The largest absolute Gasteiger partial charge is 0.480 e. The number of likely N-dealkylation sites (N-methyl/N-ethyl adjacent to an activating group) is 1. The lowest BCUT2D eigenvalue weighted by Gasteiger charge is -2.20. The van der Waals surface area contributed by atoms with Crippen LogP contribution in [0.1, 0.15) is 37.6 Å². The first-order valence-electron chi connectivity index (χ1n) is 9.58. The van der Waals surface area contributed by atoms with Crippen molar-refractivity contribution in [2.24, 2.45) is 11.5 Å². The zero-order chi connectivity index (χ0) is 22.5. The van der Waals surface area contributed by atoms with Gasteiger partial charge in [-0.05, 0) is 44.9 Å². The van der Waals surface area contributed by atoms with Crippen LogP contribution in [0.2, 0.25) is 0 Å². The van der Waals surface area contributed by atoms with E-state index in [0.29, 0.717) is 24.5 Å². The standard InChI is InChI=1S/C22H30N4O2S2/c1-14-6-8-16(9-7-14)18(23)12-15(2)19(24)26(5)11-10-17-13-29-21(25-17)30-22(3,4)20(27)28/h6-9,12-13H,10-11,23-24H2,1-5H3,(H,27,28)/b18-12-,19-15+. The summed E-state index contributed by atoms with van der Waals surface area (Å²) in [7, 11) is 1.93. The Labute approximate surface area is 186 Å². The summed E-state index contributed by atoms with van der Waals surface area (Å²) < 4.78 is -0.145. The van der Waals surface area contributed by atoms with Crippen LogP contribution < -0.4 is 11.5 Å². The van der Waals surface area contributed by atoms with Gasteiger partial charge in [0, 0.05) is 31.1 Å². The maximum absolute atomic E-state index is 11.3. The third kappa shape index (κ3) is 6.53. The fourth-order valence-electron chi connectivity index (χ4n) is 2.55. The van der Waals surface area contributed by atoms with E-state index in [4.69, 9.17) is 11.5 Å². The fraction of sp³-hybridized carbons (Fsp3) is 0.364. The van der Waals surface area contributed by atoms with Crippen LogP contribution in [0.25, 0.3) is 5.70 Å². The first-order chi connectivity index (χ1) is 14.0. The van der Waals surface area contributed by atoms with Crippen molar-refractivity contribution in [2.75, 3.05) is 13.6 Å². The number of carboxylic acid groups (broad SMARTS) is 1. The van der Waals surface area contributed by atoms with Crippen molar-refractivity contribution in [3.8, 4) is 0 Å². The number of benzene rings is 1. The summed E-state index contributed by atoms with van der Waals surface area (Å²) in [5.74, 6) is -0.197. The van der Waals surface area contributed by atoms with E-state index in [1.807, 2.05) is 61.5 Å². The number of carboxylic acids is 1. The van der Waals surface area contributed by atoms with Gasteiger partial charge in [0.1, 0.15) is 10.6 Å². The lowest BCUT2D eigenvalue weighted by atomic mass is 10.1. The van der Waals surface area contributed by atoms with Gasteiger partial charge in [0.05, 0.1) is 5.69 Å². The molecule has 0 aliphatic heterocycles. The molecule has 2 aromatic rings. The number of aromatic nitrogens is 1. The van der Waals surface area contributed by atoms with Gasteiger partial charge in [-0.15, -0.1) is 11.3 Å². The Morgan fingerprint density at radius 1 is 1.30 bits per heavy atom. The molecular formula is C22H30N4O2S2. The van der Waals surface area contributed by atoms with E-state index >= 15 is 0 Å². The van der Waals surface area contributed by atoms with Crippen LogP contribution >= 0.6 is 23.1 Å². The summed E-state index contributed by atoms with van der Waals surface area (Å²) in [5.41, 5.74) is 17.2. The van der Waals surface area contributed by atoms with Gasteiger partial charge >= 0.3 is 5.97 Å². The maximum Gasteiger partial charge on any atom is 0.319 e. The number of thioether (sulfide) groups is 1. The molecule has 0 unspecified atom stereocenters. The van der Waals surface area contributed by atoms with Gasteiger partial charge in [-0.3, -0.25) is 4.79 Å². The van der Waals surface area contributed by atoms with Crippen molar-refractivity contribution in [1.82, 2.24) is 9.88 Å². The SMILES string of the molecule is CC(/C=C(\N)c1ccc(C)cc1)=C(/N)N(C)CCc1csc(SC(C)(C)C(=O)O)n1. The Hall–Kier alpha value is -2.45. The van der Waals surface area contributed by atoms with E-state index in [9.17, 15) is 9.90 Å². The van der Waals surface area contributed by atoms with Crippen molar-refractivity contribution in [2.45, 2.75) is 43.2 Å². The Balaban J connectivity index is 2.00. The smallest absolute Gasteiger partial charge is 0.319 e. The second-order valence-electron chi connectivity index (χ2n) is 7.73. The van der Waals surface area contributed by atoms with Crippen LogP contribution in [0, 0.1) is 6.92 Å². The number of hydrogen-bond acceptors (Lipinski definition) is 7. The molecule has 0 spiro atoms. The molecule has 0 aliphatic carbocycles. The molecule has 0 atom stereocenters. The normalized spacial score (nSPS) is 13.2. The number of allylic oxidation sites excluding steroid dienone is 2. The quantitative estimate of drug-likeness (QED) is 0.394. The van der Waals surface area contributed by atoms with E-state index in [-0.39, 0.29) is 0 Å². The zero-order valence-electron chi connectivity index (χ0n) is 18.1. The molecule has 1 aromatic carbocycles. The van der Waals surface area contributed by atoms with E-state index in [2.05, 4.69) is 4.98 Å².